The lowest BCUT2D eigenvalue weighted by Crippen LogP contribution is -2.33. The van der Waals surface area contributed by atoms with Crippen molar-refractivity contribution >= 4 is 27.4 Å². The average molecular weight is 454 g/mol. The largest absolute Gasteiger partial charge is 0.419 e. The lowest BCUT2D eigenvalue weighted by Gasteiger charge is -2.29. The first kappa shape index (κ1) is 22.8. The van der Waals surface area contributed by atoms with E-state index in [9.17, 15) is 26.4 Å². The van der Waals surface area contributed by atoms with E-state index in [4.69, 9.17) is 0 Å². The van der Waals surface area contributed by atoms with Crippen molar-refractivity contribution in [1.82, 2.24) is 9.29 Å². The normalized spacial score (nSPS) is 15.0. The minimum absolute atomic E-state index is 0.0962. The number of aromatic nitrogens is 1. The van der Waals surface area contributed by atoms with Gasteiger partial charge in [0.05, 0.1) is 10.5 Å². The van der Waals surface area contributed by atoms with Crippen LogP contribution in [0.2, 0.25) is 0 Å². The Bertz CT molecular complexity index is 1100. The van der Waals surface area contributed by atoms with Gasteiger partial charge in [0.1, 0.15) is 5.82 Å². The van der Waals surface area contributed by atoms with E-state index >= 15 is 0 Å². The molecule has 1 amide bonds. The minimum Gasteiger partial charge on any atom is -0.352 e. The number of amides is 1. The molecule has 3 rings (SSSR count). The second kappa shape index (κ2) is 8.67. The van der Waals surface area contributed by atoms with Crippen LogP contribution in [-0.2, 0) is 21.0 Å². The van der Waals surface area contributed by atoms with E-state index in [-0.39, 0.29) is 36.1 Å². The molecular weight excluding hydrogens is 433 g/mol. The molecule has 2 heterocycles. The third-order valence-corrected chi connectivity index (χ3v) is 6.61. The number of halogens is 3. The fourth-order valence-corrected chi connectivity index (χ4v) is 3.97. The van der Waals surface area contributed by atoms with Crippen LogP contribution in [0.25, 0.3) is 0 Å². The van der Waals surface area contributed by atoms with Crippen LogP contribution in [0.15, 0.2) is 59.1 Å². The first-order chi connectivity index (χ1) is 14.5. The zero-order valence-electron chi connectivity index (χ0n) is 16.8. The summed E-state index contributed by atoms with van der Waals surface area (Å²) in [5, 5.41) is 2.68. The van der Waals surface area contributed by atoms with Crippen LogP contribution in [0, 0.1) is 0 Å². The molecule has 7 nitrogen and oxygen atoms in total. The highest BCUT2D eigenvalue weighted by Gasteiger charge is 2.36. The van der Waals surface area contributed by atoms with Crippen LogP contribution in [0.1, 0.15) is 12.0 Å². The molecule has 1 aliphatic rings. The van der Waals surface area contributed by atoms with Crippen LogP contribution in [0.5, 0.6) is 0 Å². The summed E-state index contributed by atoms with van der Waals surface area (Å²) in [4.78, 5) is 17.9. The first-order valence-corrected chi connectivity index (χ1v) is 10.7. The maximum atomic E-state index is 13.2. The Balaban J connectivity index is 1.68. The zero-order valence-corrected chi connectivity index (χ0v) is 17.7. The van der Waals surface area contributed by atoms with Gasteiger partial charge in [-0.1, -0.05) is 6.08 Å². The van der Waals surface area contributed by atoms with E-state index in [2.05, 4.69) is 10.3 Å². The third kappa shape index (κ3) is 5.05. The van der Waals surface area contributed by atoms with Crippen LogP contribution < -0.4 is 10.2 Å². The van der Waals surface area contributed by atoms with Crippen LogP contribution in [0.4, 0.5) is 24.7 Å². The molecule has 31 heavy (non-hydrogen) atoms. The summed E-state index contributed by atoms with van der Waals surface area (Å²) in [5.41, 5.74) is 0.0323. The lowest BCUT2D eigenvalue weighted by atomic mass is 10.1. The molecule has 0 fully saturated rings. The predicted molar refractivity (Wildman–Crippen MR) is 110 cm³/mol. The van der Waals surface area contributed by atoms with Gasteiger partial charge < -0.3 is 10.2 Å². The highest BCUT2D eigenvalue weighted by atomic mass is 32.2. The Morgan fingerprint density at radius 2 is 1.84 bits per heavy atom. The zero-order chi connectivity index (χ0) is 22.8. The van der Waals surface area contributed by atoms with Crippen molar-refractivity contribution in [2.45, 2.75) is 17.5 Å². The van der Waals surface area contributed by atoms with Crippen molar-refractivity contribution in [2.75, 3.05) is 37.4 Å². The summed E-state index contributed by atoms with van der Waals surface area (Å²) in [6.45, 7) is 0.322. The number of carbonyl (C=O) groups excluding carboxylic acids is 1. The maximum absolute atomic E-state index is 13.2. The molecule has 0 aliphatic carbocycles. The van der Waals surface area contributed by atoms with E-state index in [1.165, 1.54) is 55.5 Å². The van der Waals surface area contributed by atoms with E-state index in [1.54, 1.807) is 6.08 Å². The number of hydrogen-bond acceptors (Lipinski definition) is 5. The summed E-state index contributed by atoms with van der Waals surface area (Å²) in [5.74, 6) is -0.552. The standard InChI is InChI=1S/C20H21F3N4O3S/c1-26(2)31(29,30)16-7-5-15(6-8-16)25-19(28)14-9-12-27(13-10-14)18-17(20(21,22)23)4-3-11-24-18/h3-9,11H,10,12-13H2,1-2H3,(H,25,28). The molecule has 0 atom stereocenters. The summed E-state index contributed by atoms with van der Waals surface area (Å²) in [6.07, 6.45) is -1.40. The molecule has 0 radical (unpaired) electrons. The molecule has 0 bridgehead atoms. The third-order valence-electron chi connectivity index (χ3n) is 4.78. The number of rotatable bonds is 5. The van der Waals surface area contributed by atoms with E-state index in [0.717, 1.165) is 10.4 Å². The molecule has 1 aliphatic heterocycles. The van der Waals surface area contributed by atoms with Gasteiger partial charge in [-0.15, -0.1) is 0 Å². The molecule has 0 unspecified atom stereocenters. The van der Waals surface area contributed by atoms with Crippen molar-refractivity contribution < 1.29 is 26.4 Å². The monoisotopic (exact) mass is 454 g/mol. The van der Waals surface area contributed by atoms with Crippen molar-refractivity contribution in [3.63, 3.8) is 0 Å². The number of nitrogens with zero attached hydrogens (tertiary/aromatic N) is 3. The second-order valence-corrected chi connectivity index (χ2v) is 9.22. The molecule has 0 saturated carbocycles. The van der Waals surface area contributed by atoms with Crippen molar-refractivity contribution in [2.24, 2.45) is 0 Å². The molecule has 0 spiro atoms. The van der Waals surface area contributed by atoms with E-state index < -0.39 is 21.8 Å². The van der Waals surface area contributed by atoms with Crippen molar-refractivity contribution in [3.8, 4) is 0 Å². The van der Waals surface area contributed by atoms with Gasteiger partial charge in [-0.3, -0.25) is 4.79 Å². The summed E-state index contributed by atoms with van der Waals surface area (Å²) < 4.78 is 64.9. The Kier molecular flexibility index (Phi) is 6.37. The maximum Gasteiger partial charge on any atom is 0.419 e. The van der Waals surface area contributed by atoms with Crippen LogP contribution >= 0.6 is 0 Å². The van der Waals surface area contributed by atoms with Crippen LogP contribution in [-0.4, -0.2) is 50.8 Å². The van der Waals surface area contributed by atoms with Crippen molar-refractivity contribution in [1.29, 1.82) is 0 Å². The number of nitrogens with one attached hydrogen (secondary N) is 1. The fourth-order valence-electron chi connectivity index (χ4n) is 3.07. The van der Waals surface area contributed by atoms with Gasteiger partial charge in [0.2, 0.25) is 10.0 Å². The van der Waals surface area contributed by atoms with Crippen molar-refractivity contribution in [3.05, 3.63) is 59.8 Å². The molecular formula is C20H21F3N4O3S. The Morgan fingerprint density at radius 3 is 2.39 bits per heavy atom. The Labute approximate surface area is 178 Å². The Morgan fingerprint density at radius 1 is 1.16 bits per heavy atom. The summed E-state index contributed by atoms with van der Waals surface area (Å²) >= 11 is 0. The molecule has 1 N–H and O–H groups in total. The van der Waals surface area contributed by atoms with Gasteiger partial charge in [0.25, 0.3) is 5.91 Å². The highest BCUT2D eigenvalue weighted by Crippen LogP contribution is 2.35. The molecule has 0 saturated heterocycles. The number of hydrogen-bond donors (Lipinski definition) is 1. The number of sulfonamides is 1. The van der Waals surface area contributed by atoms with Gasteiger partial charge in [0.15, 0.2) is 0 Å². The topological polar surface area (TPSA) is 82.6 Å². The van der Waals surface area contributed by atoms with Gasteiger partial charge in [0, 0.05) is 44.6 Å². The highest BCUT2D eigenvalue weighted by molar-refractivity contribution is 7.89. The van der Waals surface area contributed by atoms with Gasteiger partial charge >= 0.3 is 6.18 Å². The molecule has 166 valence electrons. The number of carbonyl (C=O) groups is 1. The quantitative estimate of drug-likeness (QED) is 0.751. The van der Waals surface area contributed by atoms with E-state index in [0.29, 0.717) is 11.3 Å². The number of pyridine rings is 1. The second-order valence-electron chi connectivity index (χ2n) is 7.06. The smallest absolute Gasteiger partial charge is 0.352 e. The SMILES string of the molecule is CN(C)S(=O)(=O)c1ccc(NC(=O)C2=CCN(c3ncccc3C(F)(F)F)CC2)cc1. The van der Waals surface area contributed by atoms with E-state index in [1.807, 2.05) is 0 Å². The first-order valence-electron chi connectivity index (χ1n) is 9.30. The van der Waals surface area contributed by atoms with Crippen LogP contribution in [0.3, 0.4) is 0 Å². The number of benzene rings is 1. The molecule has 1 aromatic heterocycles. The molecule has 2 aromatic rings. The van der Waals surface area contributed by atoms with Gasteiger partial charge in [-0.25, -0.2) is 17.7 Å². The predicted octanol–water partition coefficient (Wildman–Crippen LogP) is 3.13. The molecule has 1 aromatic carbocycles. The number of alkyl halides is 3. The minimum atomic E-state index is -4.52. The number of anilines is 2. The summed E-state index contributed by atoms with van der Waals surface area (Å²) in [6, 6.07) is 7.96. The average Bonchev–Trinajstić information content (AvgIpc) is 2.73. The fraction of sp³-hybridized carbons (Fsp3) is 0.300. The molecule has 11 heteroatoms. The van der Waals surface area contributed by atoms with Gasteiger partial charge in [-0.05, 0) is 42.8 Å². The Hall–Kier alpha value is -2.92. The van der Waals surface area contributed by atoms with Gasteiger partial charge in [-0.2, -0.15) is 13.2 Å². The lowest BCUT2D eigenvalue weighted by molar-refractivity contribution is -0.137. The summed E-state index contributed by atoms with van der Waals surface area (Å²) in [7, 11) is -0.725.